The summed E-state index contributed by atoms with van der Waals surface area (Å²) >= 11 is 0. The molecule has 0 unspecified atom stereocenters. The van der Waals surface area contributed by atoms with Crippen molar-refractivity contribution in [3.05, 3.63) is 59.4 Å². The van der Waals surface area contributed by atoms with Crippen LogP contribution in [0.2, 0.25) is 0 Å². The van der Waals surface area contributed by atoms with E-state index in [2.05, 4.69) is 16.0 Å². The Morgan fingerprint density at radius 1 is 0.917 bits per heavy atom. The van der Waals surface area contributed by atoms with Crippen LogP contribution in [0.15, 0.2) is 36.4 Å². The van der Waals surface area contributed by atoms with E-state index in [1.807, 2.05) is 0 Å². The number of amides is 3. The molecule has 0 fully saturated rings. The number of hydrogen-bond donors (Lipinski definition) is 3. The topological polar surface area (TPSA) is 70.2 Å². The van der Waals surface area contributed by atoms with Gasteiger partial charge in [-0.1, -0.05) is 0 Å². The molecule has 8 heteroatoms. The molecule has 0 saturated heterocycles. The lowest BCUT2D eigenvalue weighted by atomic mass is 10.1. The summed E-state index contributed by atoms with van der Waals surface area (Å²) in [7, 11) is 0. The van der Waals surface area contributed by atoms with Crippen LogP contribution in [-0.2, 0) is 0 Å². The molecule has 0 aliphatic carbocycles. The van der Waals surface area contributed by atoms with Crippen LogP contribution in [0.4, 0.5) is 29.3 Å². The smallest absolute Gasteiger partial charge is 0.323 e. The molecule has 5 nitrogen and oxygen atoms in total. The van der Waals surface area contributed by atoms with Gasteiger partial charge in [-0.05, 0) is 37.3 Å². The first-order valence-electron chi connectivity index (χ1n) is 7.01. The minimum atomic E-state index is -0.879. The van der Waals surface area contributed by atoms with E-state index in [4.69, 9.17) is 0 Å². The fraction of sp³-hybridized carbons (Fsp3) is 0.125. The van der Waals surface area contributed by atoms with Crippen LogP contribution in [0.3, 0.4) is 0 Å². The van der Waals surface area contributed by atoms with E-state index in [0.717, 1.165) is 24.3 Å². The third kappa shape index (κ3) is 4.48. The minimum absolute atomic E-state index is 0.0545. The van der Waals surface area contributed by atoms with Gasteiger partial charge >= 0.3 is 6.03 Å². The lowest BCUT2D eigenvalue weighted by Gasteiger charge is -2.12. The second kappa shape index (κ2) is 7.49. The van der Waals surface area contributed by atoms with E-state index in [-0.39, 0.29) is 16.9 Å². The van der Waals surface area contributed by atoms with Crippen molar-refractivity contribution in [3.8, 4) is 0 Å². The van der Waals surface area contributed by atoms with Crippen LogP contribution in [0.25, 0.3) is 0 Å². The van der Waals surface area contributed by atoms with Gasteiger partial charge in [-0.25, -0.2) is 18.0 Å². The van der Waals surface area contributed by atoms with Crippen LogP contribution >= 0.6 is 0 Å². The highest BCUT2D eigenvalue weighted by molar-refractivity contribution is 6.06. The molecule has 0 heterocycles. The number of anilines is 2. The Labute approximate surface area is 135 Å². The summed E-state index contributed by atoms with van der Waals surface area (Å²) in [6.07, 6.45) is 0. The highest BCUT2D eigenvalue weighted by Crippen LogP contribution is 2.18. The van der Waals surface area contributed by atoms with Crippen LogP contribution in [-0.4, -0.2) is 18.5 Å². The maximum atomic E-state index is 13.4. The third-order valence-electron chi connectivity index (χ3n) is 2.93. The van der Waals surface area contributed by atoms with Crippen molar-refractivity contribution in [2.45, 2.75) is 6.92 Å². The molecule has 0 radical (unpaired) electrons. The number of urea groups is 1. The van der Waals surface area contributed by atoms with Crippen LogP contribution in [0, 0.1) is 17.5 Å². The molecule has 2 aromatic carbocycles. The summed E-state index contributed by atoms with van der Waals surface area (Å²) in [5.41, 5.74) is -0.143. The number of benzene rings is 2. The van der Waals surface area contributed by atoms with Gasteiger partial charge in [0, 0.05) is 18.3 Å². The highest BCUT2D eigenvalue weighted by atomic mass is 19.1. The molecular formula is C16H14F3N3O2. The van der Waals surface area contributed by atoms with Gasteiger partial charge in [0.2, 0.25) is 0 Å². The molecule has 3 N–H and O–H groups in total. The van der Waals surface area contributed by atoms with Crippen molar-refractivity contribution >= 4 is 23.3 Å². The molecule has 0 saturated carbocycles. The average Bonchev–Trinajstić information content (AvgIpc) is 2.46. The Bertz CT molecular complexity index is 761. The molecule has 0 aliphatic rings. The molecule has 0 atom stereocenters. The Balaban J connectivity index is 2.18. The quantitative estimate of drug-likeness (QED) is 0.799. The Hall–Kier alpha value is -3.03. The summed E-state index contributed by atoms with van der Waals surface area (Å²) in [5, 5.41) is 7.02. The summed E-state index contributed by atoms with van der Waals surface area (Å²) in [6.45, 7) is 2.06. The van der Waals surface area contributed by atoms with E-state index in [1.165, 1.54) is 6.07 Å². The van der Waals surface area contributed by atoms with Crippen molar-refractivity contribution < 1.29 is 22.8 Å². The lowest BCUT2D eigenvalue weighted by Crippen LogP contribution is -2.26. The van der Waals surface area contributed by atoms with Gasteiger partial charge < -0.3 is 16.0 Å². The maximum Gasteiger partial charge on any atom is 0.323 e. The summed E-state index contributed by atoms with van der Waals surface area (Å²) in [5.74, 6) is -2.88. The first-order valence-corrected chi connectivity index (χ1v) is 7.01. The predicted octanol–water partition coefficient (Wildman–Crippen LogP) is 3.50. The van der Waals surface area contributed by atoms with E-state index in [0.29, 0.717) is 12.6 Å². The first kappa shape index (κ1) is 17.3. The van der Waals surface area contributed by atoms with Crippen LogP contribution < -0.4 is 16.0 Å². The predicted molar refractivity (Wildman–Crippen MR) is 83.4 cm³/mol. The van der Waals surface area contributed by atoms with Crippen molar-refractivity contribution in [2.24, 2.45) is 0 Å². The fourth-order valence-electron chi connectivity index (χ4n) is 1.98. The van der Waals surface area contributed by atoms with E-state index in [1.54, 1.807) is 6.92 Å². The summed E-state index contributed by atoms with van der Waals surface area (Å²) < 4.78 is 39.6. The summed E-state index contributed by atoms with van der Waals surface area (Å²) in [4.78, 5) is 23.8. The molecule has 2 rings (SSSR count). The van der Waals surface area contributed by atoms with Crippen molar-refractivity contribution in [1.82, 2.24) is 5.32 Å². The van der Waals surface area contributed by atoms with Gasteiger partial charge in [0.1, 0.15) is 17.5 Å². The maximum absolute atomic E-state index is 13.4. The molecular weight excluding hydrogens is 323 g/mol. The first-order chi connectivity index (χ1) is 11.4. The van der Waals surface area contributed by atoms with E-state index >= 15 is 0 Å². The number of halogens is 3. The molecule has 2 aromatic rings. The molecule has 0 spiro atoms. The molecule has 24 heavy (non-hydrogen) atoms. The normalized spacial score (nSPS) is 10.2. The zero-order valence-corrected chi connectivity index (χ0v) is 12.6. The van der Waals surface area contributed by atoms with E-state index < -0.39 is 29.4 Å². The van der Waals surface area contributed by atoms with Gasteiger partial charge in [0.15, 0.2) is 0 Å². The Morgan fingerprint density at radius 3 is 2.21 bits per heavy atom. The van der Waals surface area contributed by atoms with Gasteiger partial charge in [-0.3, -0.25) is 4.79 Å². The third-order valence-corrected chi connectivity index (χ3v) is 2.93. The van der Waals surface area contributed by atoms with Crippen molar-refractivity contribution in [1.29, 1.82) is 0 Å². The molecule has 0 aromatic heterocycles. The fourth-order valence-corrected chi connectivity index (χ4v) is 1.98. The summed E-state index contributed by atoms with van der Waals surface area (Å²) in [6, 6.07) is 4.88. The highest BCUT2D eigenvalue weighted by Gasteiger charge is 2.14. The second-order valence-electron chi connectivity index (χ2n) is 4.79. The minimum Gasteiger partial charge on any atom is -0.352 e. The molecule has 3 amide bonds. The van der Waals surface area contributed by atoms with Crippen LogP contribution in [0.1, 0.15) is 17.3 Å². The second-order valence-corrected chi connectivity index (χ2v) is 4.79. The number of hydrogen-bond acceptors (Lipinski definition) is 2. The molecule has 126 valence electrons. The standard InChI is InChI=1S/C16H14F3N3O2/c1-2-20-15(23)13-4-3-9(17)8-14(13)22-16(24)21-12-6-10(18)5-11(19)7-12/h3-8H,2H2,1H3,(H,20,23)(H2,21,22,24). The van der Waals surface area contributed by atoms with Crippen molar-refractivity contribution in [2.75, 3.05) is 17.2 Å². The lowest BCUT2D eigenvalue weighted by molar-refractivity contribution is 0.0956. The van der Waals surface area contributed by atoms with Gasteiger partial charge in [-0.15, -0.1) is 0 Å². The molecule has 0 bridgehead atoms. The van der Waals surface area contributed by atoms with Crippen LogP contribution in [0.5, 0.6) is 0 Å². The number of rotatable bonds is 4. The van der Waals surface area contributed by atoms with Crippen molar-refractivity contribution in [3.63, 3.8) is 0 Å². The SMILES string of the molecule is CCNC(=O)c1ccc(F)cc1NC(=O)Nc1cc(F)cc(F)c1. The largest absolute Gasteiger partial charge is 0.352 e. The zero-order valence-electron chi connectivity index (χ0n) is 12.6. The van der Waals surface area contributed by atoms with E-state index in [9.17, 15) is 22.8 Å². The molecule has 0 aliphatic heterocycles. The number of carbonyl (C=O) groups excluding carboxylic acids is 2. The zero-order chi connectivity index (χ0) is 17.7. The van der Waals surface area contributed by atoms with Gasteiger partial charge in [-0.2, -0.15) is 0 Å². The average molecular weight is 337 g/mol. The Kier molecular flexibility index (Phi) is 5.41. The van der Waals surface area contributed by atoms with Gasteiger partial charge in [0.25, 0.3) is 5.91 Å². The number of carbonyl (C=O) groups is 2. The monoisotopic (exact) mass is 337 g/mol. The number of nitrogens with one attached hydrogen (secondary N) is 3. The van der Waals surface area contributed by atoms with Gasteiger partial charge in [0.05, 0.1) is 11.3 Å². The Morgan fingerprint density at radius 2 is 1.58 bits per heavy atom.